The van der Waals surface area contributed by atoms with Crippen molar-refractivity contribution in [2.45, 2.75) is 57.2 Å². The molecule has 0 aromatic carbocycles. The van der Waals surface area contributed by atoms with Gasteiger partial charge < -0.3 is 15.3 Å². The summed E-state index contributed by atoms with van der Waals surface area (Å²) in [6.07, 6.45) is 11.5. The third-order valence-electron chi connectivity index (χ3n) is 6.51. The number of hydrogen-bond acceptors (Lipinski definition) is 4. The summed E-state index contributed by atoms with van der Waals surface area (Å²) >= 11 is 0. The number of hydrogen-bond donors (Lipinski definition) is 2. The van der Waals surface area contributed by atoms with Gasteiger partial charge in [0.1, 0.15) is 0 Å². The molecular weight excluding hydrogens is 356 g/mol. The Morgan fingerprint density at radius 3 is 2.61 bits per heavy atom. The van der Waals surface area contributed by atoms with Crippen LogP contribution >= 0.6 is 0 Å². The van der Waals surface area contributed by atoms with Gasteiger partial charge in [-0.1, -0.05) is 12.2 Å². The molecule has 0 radical (unpaired) electrons. The summed E-state index contributed by atoms with van der Waals surface area (Å²) in [6, 6.07) is 1.66. The molecule has 1 aromatic rings. The summed E-state index contributed by atoms with van der Waals surface area (Å²) in [5.41, 5.74) is 0. The molecule has 7 nitrogen and oxygen atoms in total. The van der Waals surface area contributed by atoms with Crippen molar-refractivity contribution in [2.75, 3.05) is 13.1 Å². The van der Waals surface area contributed by atoms with Gasteiger partial charge in [-0.25, -0.2) is 0 Å². The van der Waals surface area contributed by atoms with E-state index in [4.69, 9.17) is 0 Å². The average molecular weight is 386 g/mol. The first kappa shape index (κ1) is 19.2. The van der Waals surface area contributed by atoms with Gasteiger partial charge in [0, 0.05) is 44.4 Å². The van der Waals surface area contributed by atoms with E-state index in [-0.39, 0.29) is 23.8 Å². The summed E-state index contributed by atoms with van der Waals surface area (Å²) in [5.74, 6) is 1.07. The van der Waals surface area contributed by atoms with Crippen LogP contribution in [0.25, 0.3) is 0 Å². The van der Waals surface area contributed by atoms with Crippen molar-refractivity contribution in [1.82, 2.24) is 20.0 Å². The molecule has 3 aliphatic rings. The highest BCUT2D eigenvalue weighted by Gasteiger charge is 2.44. The zero-order valence-electron chi connectivity index (χ0n) is 16.2. The van der Waals surface area contributed by atoms with Crippen LogP contribution in [0.1, 0.15) is 38.5 Å². The largest absolute Gasteiger partial charge is 0.391 e. The normalized spacial score (nSPS) is 29.8. The molecule has 4 atom stereocenters. The summed E-state index contributed by atoms with van der Waals surface area (Å²) < 4.78 is 1.82. The Bertz CT molecular complexity index is 709. The molecular formula is C21H30N4O3. The second kappa shape index (κ2) is 8.47. The molecule has 1 saturated heterocycles. The molecule has 2 amide bonds. The molecule has 1 saturated carbocycles. The molecule has 0 spiro atoms. The molecule has 152 valence electrons. The van der Waals surface area contributed by atoms with Crippen molar-refractivity contribution < 1.29 is 14.7 Å². The number of aryl methyl sites for hydroxylation is 1. The lowest BCUT2D eigenvalue weighted by molar-refractivity contribution is -0.134. The highest BCUT2D eigenvalue weighted by Crippen LogP contribution is 2.37. The Morgan fingerprint density at radius 2 is 1.89 bits per heavy atom. The number of likely N-dealkylation sites (tertiary alicyclic amines) is 1. The molecule has 7 heteroatoms. The predicted molar refractivity (Wildman–Crippen MR) is 104 cm³/mol. The Kier molecular flexibility index (Phi) is 5.80. The van der Waals surface area contributed by atoms with Crippen molar-refractivity contribution in [3.8, 4) is 0 Å². The van der Waals surface area contributed by atoms with E-state index in [0.29, 0.717) is 31.2 Å². The minimum Gasteiger partial charge on any atom is -0.391 e. The first-order valence-corrected chi connectivity index (χ1v) is 10.5. The fourth-order valence-electron chi connectivity index (χ4n) is 4.96. The fourth-order valence-corrected chi connectivity index (χ4v) is 4.96. The van der Waals surface area contributed by atoms with E-state index in [1.807, 2.05) is 21.8 Å². The van der Waals surface area contributed by atoms with Gasteiger partial charge >= 0.3 is 0 Å². The van der Waals surface area contributed by atoms with E-state index in [1.165, 1.54) is 0 Å². The van der Waals surface area contributed by atoms with Gasteiger partial charge in [-0.05, 0) is 50.0 Å². The fraction of sp³-hybridized carbons (Fsp3) is 0.667. The SMILES string of the molecule is O=C(CCCn1cccn1)N[C@H]1C[C@H]2CN(C(=O)C3CC=CC3)C[C@H]2C[C@@H]1O. The monoisotopic (exact) mass is 386 g/mol. The number of carbonyl (C=O) groups is 2. The molecule has 1 aromatic heterocycles. The zero-order valence-corrected chi connectivity index (χ0v) is 16.2. The molecule has 2 fully saturated rings. The van der Waals surface area contributed by atoms with Gasteiger partial charge in [0.15, 0.2) is 0 Å². The van der Waals surface area contributed by atoms with Gasteiger partial charge in [0.05, 0.1) is 12.1 Å². The maximum Gasteiger partial charge on any atom is 0.226 e. The highest BCUT2D eigenvalue weighted by molar-refractivity contribution is 5.80. The lowest BCUT2D eigenvalue weighted by atomic mass is 9.77. The average Bonchev–Trinajstić information content (AvgIpc) is 3.43. The van der Waals surface area contributed by atoms with Crippen LogP contribution in [0, 0.1) is 17.8 Å². The number of nitrogens with zero attached hydrogens (tertiary/aromatic N) is 3. The molecule has 2 aliphatic carbocycles. The molecule has 1 aliphatic heterocycles. The molecule has 2 heterocycles. The molecule has 28 heavy (non-hydrogen) atoms. The van der Waals surface area contributed by atoms with Crippen LogP contribution in [0.2, 0.25) is 0 Å². The van der Waals surface area contributed by atoms with E-state index in [0.717, 1.165) is 38.8 Å². The van der Waals surface area contributed by atoms with Crippen LogP contribution in [0.5, 0.6) is 0 Å². The lowest BCUT2D eigenvalue weighted by Gasteiger charge is -2.35. The molecule has 4 rings (SSSR count). The summed E-state index contributed by atoms with van der Waals surface area (Å²) in [4.78, 5) is 27.0. The maximum atomic E-state index is 12.7. The van der Waals surface area contributed by atoms with Crippen LogP contribution in [-0.2, 0) is 16.1 Å². The summed E-state index contributed by atoms with van der Waals surface area (Å²) in [6.45, 7) is 2.23. The number of aliphatic hydroxyl groups excluding tert-OH is 1. The molecule has 0 unspecified atom stereocenters. The zero-order chi connectivity index (χ0) is 19.5. The predicted octanol–water partition coefficient (Wildman–Crippen LogP) is 1.34. The lowest BCUT2D eigenvalue weighted by Crippen LogP contribution is -2.49. The topological polar surface area (TPSA) is 87.5 Å². The quantitative estimate of drug-likeness (QED) is 0.723. The number of rotatable bonds is 6. The number of nitrogens with one attached hydrogen (secondary N) is 1. The third kappa shape index (κ3) is 4.29. The first-order valence-electron chi connectivity index (χ1n) is 10.5. The van der Waals surface area contributed by atoms with Crippen molar-refractivity contribution in [3.63, 3.8) is 0 Å². The van der Waals surface area contributed by atoms with E-state index < -0.39 is 6.10 Å². The van der Waals surface area contributed by atoms with Crippen molar-refractivity contribution in [2.24, 2.45) is 17.8 Å². The van der Waals surface area contributed by atoms with Gasteiger partial charge in [-0.2, -0.15) is 5.10 Å². The number of amides is 2. The Balaban J connectivity index is 1.24. The van der Waals surface area contributed by atoms with Crippen molar-refractivity contribution in [1.29, 1.82) is 0 Å². The number of carbonyl (C=O) groups excluding carboxylic acids is 2. The number of fused-ring (bicyclic) bond motifs is 1. The van der Waals surface area contributed by atoms with E-state index >= 15 is 0 Å². The Labute approximate surface area is 165 Å². The van der Waals surface area contributed by atoms with Crippen LogP contribution in [0.4, 0.5) is 0 Å². The van der Waals surface area contributed by atoms with Gasteiger partial charge in [0.2, 0.25) is 11.8 Å². The highest BCUT2D eigenvalue weighted by atomic mass is 16.3. The second-order valence-electron chi connectivity index (χ2n) is 8.49. The first-order chi connectivity index (χ1) is 13.6. The van der Waals surface area contributed by atoms with E-state index in [2.05, 4.69) is 22.6 Å². The standard InChI is InChI=1S/C21H30N4O3/c26-19-12-17-14-24(21(28)15-5-1-2-6-15)13-16(17)11-18(19)23-20(27)7-3-9-25-10-4-8-22-25/h1-2,4,8,10,15-19,26H,3,5-7,9,11-14H2,(H,23,27)/t16-,17+,18-,19-/m0/s1. The minimum atomic E-state index is -0.528. The molecule has 2 N–H and O–H groups in total. The van der Waals surface area contributed by atoms with Gasteiger partial charge in [-0.3, -0.25) is 14.3 Å². The van der Waals surface area contributed by atoms with Crippen LogP contribution in [0.15, 0.2) is 30.6 Å². The Hall–Kier alpha value is -2.15. The number of aliphatic hydroxyl groups is 1. The second-order valence-corrected chi connectivity index (χ2v) is 8.49. The van der Waals surface area contributed by atoms with Crippen LogP contribution in [0.3, 0.4) is 0 Å². The Morgan fingerprint density at radius 1 is 1.14 bits per heavy atom. The maximum absolute atomic E-state index is 12.7. The third-order valence-corrected chi connectivity index (χ3v) is 6.51. The van der Waals surface area contributed by atoms with E-state index in [1.54, 1.807) is 6.20 Å². The minimum absolute atomic E-state index is 0.0161. The van der Waals surface area contributed by atoms with Crippen LogP contribution < -0.4 is 5.32 Å². The van der Waals surface area contributed by atoms with Crippen LogP contribution in [-0.4, -0.2) is 56.8 Å². The van der Waals surface area contributed by atoms with Gasteiger partial charge in [-0.15, -0.1) is 0 Å². The summed E-state index contributed by atoms with van der Waals surface area (Å²) in [5, 5.41) is 17.7. The summed E-state index contributed by atoms with van der Waals surface area (Å²) in [7, 11) is 0. The van der Waals surface area contributed by atoms with Crippen molar-refractivity contribution in [3.05, 3.63) is 30.6 Å². The van der Waals surface area contributed by atoms with Crippen molar-refractivity contribution >= 4 is 11.8 Å². The van der Waals surface area contributed by atoms with Gasteiger partial charge in [0.25, 0.3) is 0 Å². The number of aromatic nitrogens is 2. The van der Waals surface area contributed by atoms with E-state index in [9.17, 15) is 14.7 Å². The number of allylic oxidation sites excluding steroid dienone is 2. The molecule has 0 bridgehead atoms. The smallest absolute Gasteiger partial charge is 0.226 e.